The normalized spacial score (nSPS) is 17.6. The molecule has 38 heavy (non-hydrogen) atoms. The Balaban J connectivity index is 1.48. The molecule has 6 rings (SSSR count). The van der Waals surface area contributed by atoms with Crippen LogP contribution in [0.5, 0.6) is 0 Å². The number of aromatic nitrogens is 4. The molecule has 1 amide bonds. The highest BCUT2D eigenvalue weighted by atomic mass is 35.5. The van der Waals surface area contributed by atoms with Crippen LogP contribution in [-0.2, 0) is 4.79 Å². The number of hydrogen-bond donors (Lipinski definition) is 1. The lowest BCUT2D eigenvalue weighted by Gasteiger charge is -2.44. The number of aryl methyl sites for hydroxylation is 1. The maximum Gasteiger partial charge on any atom is 0.241 e. The van der Waals surface area contributed by atoms with Crippen LogP contribution in [0.2, 0.25) is 10.0 Å². The van der Waals surface area contributed by atoms with Crippen LogP contribution >= 0.6 is 23.2 Å². The largest absolute Gasteiger partial charge is 0.342 e. The van der Waals surface area contributed by atoms with E-state index in [1.54, 1.807) is 0 Å². The highest BCUT2D eigenvalue weighted by Gasteiger charge is 2.51. The number of halogens is 2. The minimum Gasteiger partial charge on any atom is -0.342 e. The number of fused-ring (bicyclic) bond motifs is 1. The van der Waals surface area contributed by atoms with Crippen LogP contribution in [0.1, 0.15) is 32.5 Å². The van der Waals surface area contributed by atoms with Gasteiger partial charge in [0.1, 0.15) is 17.1 Å². The standard InChI is InChI=1S/C28H29Cl2N7O/c1-17(2)36-16-31-26(38)28(36)12-14-35(15-13-28)27-33-18(3)32-25-23(19-8-10-20(29)11-9-19)24(34-37(25)27)21-6-4-5-7-22(21)30/h4-11,17H,12-16H2,1-3H3,(H,31,38). The lowest BCUT2D eigenvalue weighted by molar-refractivity contribution is -0.128. The highest BCUT2D eigenvalue weighted by Crippen LogP contribution is 2.40. The molecule has 8 nitrogen and oxygen atoms in total. The molecule has 2 aromatic carbocycles. The van der Waals surface area contributed by atoms with E-state index in [4.69, 9.17) is 38.3 Å². The van der Waals surface area contributed by atoms with E-state index in [1.807, 2.05) is 60.0 Å². The summed E-state index contributed by atoms with van der Waals surface area (Å²) < 4.78 is 1.82. The van der Waals surface area contributed by atoms with Gasteiger partial charge in [-0.05, 0) is 57.4 Å². The van der Waals surface area contributed by atoms with E-state index in [9.17, 15) is 4.79 Å². The number of hydrogen-bond acceptors (Lipinski definition) is 6. The predicted molar refractivity (Wildman–Crippen MR) is 151 cm³/mol. The van der Waals surface area contributed by atoms with Gasteiger partial charge in [-0.15, -0.1) is 0 Å². The van der Waals surface area contributed by atoms with Crippen molar-refractivity contribution in [2.24, 2.45) is 0 Å². The predicted octanol–water partition coefficient (Wildman–Crippen LogP) is 5.21. The molecule has 0 unspecified atom stereocenters. The molecule has 0 bridgehead atoms. The van der Waals surface area contributed by atoms with Crippen LogP contribution in [-0.4, -0.2) is 61.7 Å². The zero-order valence-electron chi connectivity index (χ0n) is 21.6. The molecule has 2 fully saturated rings. The van der Waals surface area contributed by atoms with E-state index in [2.05, 4.69) is 29.0 Å². The average molecular weight is 550 g/mol. The molecule has 0 saturated carbocycles. The van der Waals surface area contributed by atoms with Crippen molar-refractivity contribution in [1.82, 2.24) is 29.8 Å². The molecule has 0 radical (unpaired) electrons. The molecule has 1 spiro atoms. The fraction of sp³-hybridized carbons (Fsp3) is 0.357. The second-order valence-electron chi connectivity index (χ2n) is 10.3. The van der Waals surface area contributed by atoms with Gasteiger partial charge in [0.15, 0.2) is 5.65 Å². The van der Waals surface area contributed by atoms with Crippen molar-refractivity contribution >= 4 is 40.7 Å². The number of carbonyl (C=O) groups excluding carboxylic acids is 1. The Kier molecular flexibility index (Phi) is 6.29. The van der Waals surface area contributed by atoms with Gasteiger partial charge in [-0.1, -0.05) is 53.5 Å². The number of piperidine rings is 1. The molecule has 0 aliphatic carbocycles. The molecule has 196 valence electrons. The van der Waals surface area contributed by atoms with Crippen LogP contribution in [0.4, 0.5) is 5.95 Å². The first-order valence-electron chi connectivity index (χ1n) is 12.9. The van der Waals surface area contributed by atoms with E-state index < -0.39 is 5.54 Å². The van der Waals surface area contributed by atoms with Crippen LogP contribution < -0.4 is 10.2 Å². The summed E-state index contributed by atoms with van der Waals surface area (Å²) in [4.78, 5) is 27.1. The minimum atomic E-state index is -0.479. The maximum atomic E-state index is 13.0. The van der Waals surface area contributed by atoms with Crippen molar-refractivity contribution in [3.63, 3.8) is 0 Å². The molecule has 10 heteroatoms. The Labute approximate surface area is 231 Å². The van der Waals surface area contributed by atoms with E-state index in [-0.39, 0.29) is 11.9 Å². The van der Waals surface area contributed by atoms with Crippen molar-refractivity contribution < 1.29 is 4.79 Å². The first kappa shape index (κ1) is 25.1. The van der Waals surface area contributed by atoms with E-state index >= 15 is 0 Å². The third kappa shape index (κ3) is 4.02. The second-order valence-corrected chi connectivity index (χ2v) is 11.1. The monoisotopic (exact) mass is 549 g/mol. The van der Waals surface area contributed by atoms with E-state index in [0.29, 0.717) is 60.1 Å². The van der Waals surface area contributed by atoms with Gasteiger partial charge in [0, 0.05) is 29.7 Å². The van der Waals surface area contributed by atoms with Crippen LogP contribution in [0.15, 0.2) is 48.5 Å². The molecule has 2 aromatic heterocycles. The molecular weight excluding hydrogens is 521 g/mol. The Hall–Kier alpha value is -3.20. The summed E-state index contributed by atoms with van der Waals surface area (Å²) in [5, 5.41) is 9.38. The molecular formula is C28H29Cl2N7O. The summed E-state index contributed by atoms with van der Waals surface area (Å²) in [6.45, 7) is 8.14. The smallest absolute Gasteiger partial charge is 0.241 e. The van der Waals surface area contributed by atoms with Crippen molar-refractivity contribution in [1.29, 1.82) is 0 Å². The fourth-order valence-corrected chi connectivity index (χ4v) is 6.17. The van der Waals surface area contributed by atoms with E-state index in [0.717, 1.165) is 22.4 Å². The van der Waals surface area contributed by atoms with Gasteiger partial charge in [0.05, 0.1) is 17.3 Å². The summed E-state index contributed by atoms with van der Waals surface area (Å²) in [6.07, 6.45) is 1.43. The number of rotatable bonds is 4. The zero-order valence-corrected chi connectivity index (χ0v) is 23.1. The summed E-state index contributed by atoms with van der Waals surface area (Å²) in [6, 6.07) is 15.6. The molecule has 4 aromatic rings. The van der Waals surface area contributed by atoms with Crippen molar-refractivity contribution in [2.45, 2.75) is 45.2 Å². The van der Waals surface area contributed by atoms with Gasteiger partial charge in [-0.25, -0.2) is 4.98 Å². The quantitative estimate of drug-likeness (QED) is 0.376. The summed E-state index contributed by atoms with van der Waals surface area (Å²) >= 11 is 12.9. The Morgan fingerprint density at radius 2 is 1.71 bits per heavy atom. The van der Waals surface area contributed by atoms with Crippen LogP contribution in [0.3, 0.4) is 0 Å². The Morgan fingerprint density at radius 1 is 1.00 bits per heavy atom. The highest BCUT2D eigenvalue weighted by molar-refractivity contribution is 6.33. The van der Waals surface area contributed by atoms with Gasteiger partial charge in [-0.3, -0.25) is 9.69 Å². The maximum absolute atomic E-state index is 13.0. The lowest BCUT2D eigenvalue weighted by atomic mass is 9.85. The lowest BCUT2D eigenvalue weighted by Crippen LogP contribution is -2.58. The first-order valence-corrected chi connectivity index (χ1v) is 13.6. The average Bonchev–Trinajstić information content (AvgIpc) is 3.43. The number of carbonyl (C=O) groups is 1. The Morgan fingerprint density at radius 3 is 2.39 bits per heavy atom. The second kappa shape index (κ2) is 9.52. The molecule has 2 saturated heterocycles. The van der Waals surface area contributed by atoms with Crippen molar-refractivity contribution in [3.05, 3.63) is 64.4 Å². The van der Waals surface area contributed by atoms with Crippen LogP contribution in [0, 0.1) is 6.92 Å². The van der Waals surface area contributed by atoms with Gasteiger partial charge >= 0.3 is 0 Å². The molecule has 4 heterocycles. The number of nitrogens with zero attached hydrogens (tertiary/aromatic N) is 6. The number of benzene rings is 2. The summed E-state index contributed by atoms with van der Waals surface area (Å²) in [7, 11) is 0. The van der Waals surface area contributed by atoms with Gasteiger partial charge in [0.2, 0.25) is 11.9 Å². The Bertz CT molecular complexity index is 1520. The summed E-state index contributed by atoms with van der Waals surface area (Å²) in [5.41, 5.74) is 3.59. The van der Waals surface area contributed by atoms with Gasteiger partial charge < -0.3 is 10.2 Å². The molecule has 2 aliphatic rings. The number of amides is 1. The first-order chi connectivity index (χ1) is 18.3. The zero-order chi connectivity index (χ0) is 26.6. The topological polar surface area (TPSA) is 78.7 Å². The molecule has 0 atom stereocenters. The summed E-state index contributed by atoms with van der Waals surface area (Å²) in [5.74, 6) is 1.49. The number of nitrogens with one attached hydrogen (secondary N) is 1. The van der Waals surface area contributed by atoms with E-state index in [1.165, 1.54) is 0 Å². The van der Waals surface area contributed by atoms with Crippen molar-refractivity contribution in [3.8, 4) is 22.4 Å². The van der Waals surface area contributed by atoms with Gasteiger partial charge in [0.25, 0.3) is 0 Å². The minimum absolute atomic E-state index is 0.125. The third-order valence-electron chi connectivity index (χ3n) is 7.72. The number of anilines is 1. The SMILES string of the molecule is Cc1nc(N2CCC3(CC2)C(=O)NCN3C(C)C)n2nc(-c3ccccc3Cl)c(-c3ccc(Cl)cc3)c2n1. The van der Waals surface area contributed by atoms with Crippen molar-refractivity contribution in [2.75, 3.05) is 24.7 Å². The third-order valence-corrected chi connectivity index (χ3v) is 8.30. The van der Waals surface area contributed by atoms with Crippen LogP contribution in [0.25, 0.3) is 28.0 Å². The van der Waals surface area contributed by atoms with Gasteiger partial charge in [-0.2, -0.15) is 14.6 Å². The fourth-order valence-electron chi connectivity index (χ4n) is 5.82. The molecule has 1 N–H and O–H groups in total. The molecule has 2 aliphatic heterocycles.